The Hall–Kier alpha value is -0.650. The molecule has 16 heavy (non-hydrogen) atoms. The number of hydrogen-bond donors (Lipinski definition) is 2. The molecule has 0 heterocycles. The largest absolute Gasteiger partial charge is 0.466 e. The first-order valence-corrected chi connectivity index (χ1v) is 5.52. The summed E-state index contributed by atoms with van der Waals surface area (Å²) in [6.07, 6.45) is -1.57. The SMILES string of the molecule is CCOC(=O)C1C(C(O)C(C)OO)C1(C)C. The highest BCUT2D eigenvalue weighted by Gasteiger charge is 2.66. The molecule has 4 atom stereocenters. The molecule has 4 unspecified atom stereocenters. The highest BCUT2D eigenvalue weighted by atomic mass is 17.1. The molecule has 5 heteroatoms. The van der Waals surface area contributed by atoms with Crippen LogP contribution >= 0.6 is 0 Å². The number of carbonyl (C=O) groups is 1. The Labute approximate surface area is 95.3 Å². The first kappa shape index (κ1) is 13.4. The predicted molar refractivity (Wildman–Crippen MR) is 56.6 cm³/mol. The van der Waals surface area contributed by atoms with Crippen LogP contribution in [0.5, 0.6) is 0 Å². The molecule has 0 aromatic rings. The summed E-state index contributed by atoms with van der Waals surface area (Å²) in [5.41, 5.74) is -0.307. The maximum absolute atomic E-state index is 11.6. The van der Waals surface area contributed by atoms with E-state index in [0.717, 1.165) is 0 Å². The Morgan fingerprint density at radius 3 is 2.50 bits per heavy atom. The van der Waals surface area contributed by atoms with Crippen LogP contribution in [0, 0.1) is 17.3 Å². The Bertz CT molecular complexity index is 263. The zero-order valence-electron chi connectivity index (χ0n) is 10.1. The first-order chi connectivity index (χ1) is 7.37. The van der Waals surface area contributed by atoms with Crippen molar-refractivity contribution in [3.05, 3.63) is 0 Å². The van der Waals surface area contributed by atoms with Gasteiger partial charge in [-0.05, 0) is 19.3 Å². The molecule has 0 spiro atoms. The zero-order chi connectivity index (χ0) is 12.5. The topological polar surface area (TPSA) is 76.0 Å². The highest BCUT2D eigenvalue weighted by Crippen LogP contribution is 2.60. The standard InChI is InChI=1S/C11H20O5/c1-5-15-10(13)8-7(11(8,3)4)9(12)6(2)16-14/h6-9,12,14H,5H2,1-4H3. The van der Waals surface area contributed by atoms with E-state index >= 15 is 0 Å². The van der Waals surface area contributed by atoms with Gasteiger partial charge in [0.25, 0.3) is 0 Å². The first-order valence-electron chi connectivity index (χ1n) is 5.52. The van der Waals surface area contributed by atoms with Crippen molar-refractivity contribution in [1.29, 1.82) is 0 Å². The molecule has 0 radical (unpaired) electrons. The summed E-state index contributed by atoms with van der Waals surface area (Å²) >= 11 is 0. The van der Waals surface area contributed by atoms with Gasteiger partial charge in [0.05, 0.1) is 18.6 Å². The number of hydrogen-bond acceptors (Lipinski definition) is 5. The van der Waals surface area contributed by atoms with Crippen molar-refractivity contribution in [2.45, 2.75) is 39.9 Å². The molecular formula is C11H20O5. The van der Waals surface area contributed by atoms with Crippen molar-refractivity contribution >= 4 is 5.97 Å². The average molecular weight is 232 g/mol. The number of esters is 1. The lowest BCUT2D eigenvalue weighted by Crippen LogP contribution is -2.29. The van der Waals surface area contributed by atoms with Crippen LogP contribution in [0.2, 0.25) is 0 Å². The average Bonchev–Trinajstić information content (AvgIpc) is 2.79. The van der Waals surface area contributed by atoms with Crippen molar-refractivity contribution < 1.29 is 24.8 Å². The van der Waals surface area contributed by atoms with Crippen molar-refractivity contribution in [3.63, 3.8) is 0 Å². The quantitative estimate of drug-likeness (QED) is 0.421. The fraction of sp³-hybridized carbons (Fsp3) is 0.909. The van der Waals surface area contributed by atoms with Crippen LogP contribution in [0.3, 0.4) is 0 Å². The van der Waals surface area contributed by atoms with Gasteiger partial charge in [0, 0.05) is 5.92 Å². The van der Waals surface area contributed by atoms with Gasteiger partial charge in [-0.15, -0.1) is 0 Å². The number of carbonyl (C=O) groups excluding carboxylic acids is 1. The summed E-state index contributed by atoms with van der Waals surface area (Å²) in [5.74, 6) is -0.838. The van der Waals surface area contributed by atoms with E-state index < -0.39 is 12.2 Å². The van der Waals surface area contributed by atoms with E-state index in [9.17, 15) is 9.90 Å². The smallest absolute Gasteiger partial charge is 0.309 e. The molecule has 0 aromatic carbocycles. The van der Waals surface area contributed by atoms with Gasteiger partial charge in [-0.25, -0.2) is 4.89 Å². The van der Waals surface area contributed by atoms with Crippen molar-refractivity contribution in [2.75, 3.05) is 6.61 Å². The molecule has 0 aliphatic heterocycles. The van der Waals surface area contributed by atoms with Gasteiger partial charge < -0.3 is 9.84 Å². The second kappa shape index (κ2) is 4.69. The molecule has 0 aromatic heterocycles. The van der Waals surface area contributed by atoms with E-state index in [1.807, 2.05) is 13.8 Å². The van der Waals surface area contributed by atoms with E-state index in [-0.39, 0.29) is 23.2 Å². The lowest BCUT2D eigenvalue weighted by molar-refractivity contribution is -0.294. The van der Waals surface area contributed by atoms with Gasteiger partial charge in [0.2, 0.25) is 0 Å². The number of aliphatic hydroxyl groups is 1. The van der Waals surface area contributed by atoms with Gasteiger partial charge in [0.15, 0.2) is 0 Å². The van der Waals surface area contributed by atoms with Crippen molar-refractivity contribution in [3.8, 4) is 0 Å². The second-order valence-electron chi connectivity index (χ2n) is 4.88. The fourth-order valence-electron chi connectivity index (χ4n) is 2.35. The maximum Gasteiger partial charge on any atom is 0.309 e. The summed E-state index contributed by atoms with van der Waals surface area (Å²) in [5, 5.41) is 18.4. The normalized spacial score (nSPS) is 30.6. The number of ether oxygens (including phenoxy) is 1. The molecule has 5 nitrogen and oxygen atoms in total. The van der Waals surface area contributed by atoms with Crippen LogP contribution in [-0.4, -0.2) is 35.1 Å². The van der Waals surface area contributed by atoms with Gasteiger partial charge in [0.1, 0.15) is 6.10 Å². The molecule has 0 saturated heterocycles. The molecule has 1 rings (SSSR count). The van der Waals surface area contributed by atoms with Gasteiger partial charge in [-0.1, -0.05) is 13.8 Å². The summed E-state index contributed by atoms with van der Waals surface area (Å²) in [6, 6.07) is 0. The molecule has 1 aliphatic rings. The zero-order valence-corrected chi connectivity index (χ0v) is 10.1. The van der Waals surface area contributed by atoms with E-state index in [2.05, 4.69) is 4.89 Å². The molecule has 94 valence electrons. The van der Waals surface area contributed by atoms with Crippen LogP contribution in [0.25, 0.3) is 0 Å². The predicted octanol–water partition coefficient (Wildman–Crippen LogP) is 1.06. The molecule has 0 bridgehead atoms. The third kappa shape index (κ3) is 2.21. The monoisotopic (exact) mass is 232 g/mol. The minimum Gasteiger partial charge on any atom is -0.466 e. The minimum absolute atomic E-state index is 0.228. The second-order valence-corrected chi connectivity index (χ2v) is 4.88. The molecule has 1 saturated carbocycles. The number of aliphatic hydroxyl groups excluding tert-OH is 1. The van der Waals surface area contributed by atoms with E-state index in [1.165, 1.54) is 0 Å². The van der Waals surface area contributed by atoms with E-state index in [4.69, 9.17) is 9.99 Å². The molecule has 2 N–H and O–H groups in total. The molecule has 1 aliphatic carbocycles. The summed E-state index contributed by atoms with van der Waals surface area (Å²) in [4.78, 5) is 15.7. The summed E-state index contributed by atoms with van der Waals surface area (Å²) < 4.78 is 4.94. The third-order valence-corrected chi connectivity index (χ3v) is 3.47. The Morgan fingerprint density at radius 1 is 1.50 bits per heavy atom. The Kier molecular flexibility index (Phi) is 3.93. The lowest BCUT2D eigenvalue weighted by atomic mass is 10.0. The van der Waals surface area contributed by atoms with Crippen LogP contribution in [0.4, 0.5) is 0 Å². The lowest BCUT2D eigenvalue weighted by Gasteiger charge is -2.16. The summed E-state index contributed by atoms with van der Waals surface area (Å²) in [6.45, 7) is 7.43. The maximum atomic E-state index is 11.6. The number of rotatable bonds is 5. The van der Waals surface area contributed by atoms with Gasteiger partial charge in [-0.3, -0.25) is 10.1 Å². The summed E-state index contributed by atoms with van der Waals surface area (Å²) in [7, 11) is 0. The van der Waals surface area contributed by atoms with Gasteiger partial charge in [-0.2, -0.15) is 0 Å². The van der Waals surface area contributed by atoms with E-state index in [0.29, 0.717) is 6.61 Å². The van der Waals surface area contributed by atoms with Crippen molar-refractivity contribution in [2.24, 2.45) is 17.3 Å². The molecule has 1 fully saturated rings. The Balaban J connectivity index is 2.66. The molecule has 0 amide bonds. The van der Waals surface area contributed by atoms with Crippen LogP contribution in [0.1, 0.15) is 27.7 Å². The molecular weight excluding hydrogens is 212 g/mol. The van der Waals surface area contributed by atoms with Gasteiger partial charge >= 0.3 is 5.97 Å². The Morgan fingerprint density at radius 2 is 2.06 bits per heavy atom. The third-order valence-electron chi connectivity index (χ3n) is 3.47. The van der Waals surface area contributed by atoms with E-state index in [1.54, 1.807) is 13.8 Å². The van der Waals surface area contributed by atoms with Crippen molar-refractivity contribution in [1.82, 2.24) is 0 Å². The van der Waals surface area contributed by atoms with Crippen LogP contribution in [0.15, 0.2) is 0 Å². The minimum atomic E-state index is -0.866. The highest BCUT2D eigenvalue weighted by molar-refractivity contribution is 5.77. The fourth-order valence-corrected chi connectivity index (χ4v) is 2.35. The van der Waals surface area contributed by atoms with Crippen LogP contribution in [-0.2, 0) is 14.4 Å². The van der Waals surface area contributed by atoms with Crippen LogP contribution < -0.4 is 0 Å².